The van der Waals surface area contributed by atoms with Crippen molar-refractivity contribution in [3.05, 3.63) is 57.9 Å². The fourth-order valence-electron chi connectivity index (χ4n) is 2.07. The number of ketones is 1. The van der Waals surface area contributed by atoms with E-state index in [-0.39, 0.29) is 11.4 Å². The predicted molar refractivity (Wildman–Crippen MR) is 74.2 cm³/mol. The van der Waals surface area contributed by atoms with Crippen LogP contribution in [-0.2, 0) is 11.2 Å². The molecule has 0 spiro atoms. The maximum Gasteiger partial charge on any atom is 0.336 e. The van der Waals surface area contributed by atoms with Gasteiger partial charge in [0.2, 0.25) is 0 Å². The molecule has 1 aromatic heterocycles. The van der Waals surface area contributed by atoms with Crippen molar-refractivity contribution in [3.8, 4) is 11.3 Å². The van der Waals surface area contributed by atoms with Gasteiger partial charge in [-0.05, 0) is 31.4 Å². The van der Waals surface area contributed by atoms with Gasteiger partial charge >= 0.3 is 5.63 Å². The first-order valence-electron chi connectivity index (χ1n) is 6.26. The van der Waals surface area contributed by atoms with Crippen LogP contribution in [0.3, 0.4) is 0 Å². The van der Waals surface area contributed by atoms with E-state index in [1.54, 1.807) is 6.92 Å². The van der Waals surface area contributed by atoms with Crippen LogP contribution in [0.4, 0.5) is 0 Å². The van der Waals surface area contributed by atoms with Gasteiger partial charge in [-0.25, -0.2) is 4.79 Å². The average molecular weight is 256 g/mol. The van der Waals surface area contributed by atoms with Gasteiger partial charge in [0, 0.05) is 18.1 Å². The summed E-state index contributed by atoms with van der Waals surface area (Å²) >= 11 is 0. The number of benzene rings is 1. The van der Waals surface area contributed by atoms with Crippen molar-refractivity contribution in [3.63, 3.8) is 0 Å². The largest absolute Gasteiger partial charge is 0.422 e. The molecule has 0 saturated carbocycles. The van der Waals surface area contributed by atoms with Crippen molar-refractivity contribution in [1.82, 2.24) is 0 Å². The maximum atomic E-state index is 11.5. The normalized spacial score (nSPS) is 10.4. The van der Waals surface area contributed by atoms with Gasteiger partial charge in [0.25, 0.3) is 0 Å². The first kappa shape index (κ1) is 13.3. The zero-order chi connectivity index (χ0) is 13.8. The van der Waals surface area contributed by atoms with Crippen molar-refractivity contribution in [1.29, 1.82) is 0 Å². The molecule has 0 N–H and O–H groups in total. The van der Waals surface area contributed by atoms with Gasteiger partial charge in [-0.15, -0.1) is 0 Å². The Balaban J connectivity index is 2.52. The Labute approximate surface area is 111 Å². The first-order valence-corrected chi connectivity index (χ1v) is 6.26. The van der Waals surface area contributed by atoms with Gasteiger partial charge in [-0.3, -0.25) is 0 Å². The molecule has 19 heavy (non-hydrogen) atoms. The second-order valence-corrected chi connectivity index (χ2v) is 4.62. The van der Waals surface area contributed by atoms with Crippen LogP contribution in [0.2, 0.25) is 0 Å². The van der Waals surface area contributed by atoms with Crippen LogP contribution in [0.1, 0.15) is 24.5 Å². The SMILES string of the molecule is CC(=O)CCc1c(C)cc(=O)oc1-c1ccccc1. The molecule has 1 aromatic carbocycles. The predicted octanol–water partition coefficient (Wildman–Crippen LogP) is 3.14. The molecule has 3 heteroatoms. The molecule has 1 heterocycles. The molecule has 2 aromatic rings. The van der Waals surface area contributed by atoms with E-state index < -0.39 is 0 Å². The van der Waals surface area contributed by atoms with Crippen LogP contribution in [-0.4, -0.2) is 5.78 Å². The zero-order valence-corrected chi connectivity index (χ0v) is 11.1. The molecular formula is C16H16O3. The monoisotopic (exact) mass is 256 g/mol. The molecule has 0 bridgehead atoms. The Hall–Kier alpha value is -2.16. The molecule has 0 aliphatic rings. The van der Waals surface area contributed by atoms with E-state index in [0.29, 0.717) is 18.6 Å². The Kier molecular flexibility index (Phi) is 3.95. The lowest BCUT2D eigenvalue weighted by atomic mass is 9.98. The number of hydrogen-bond acceptors (Lipinski definition) is 3. The quantitative estimate of drug-likeness (QED) is 0.844. The highest BCUT2D eigenvalue weighted by atomic mass is 16.4. The summed E-state index contributed by atoms with van der Waals surface area (Å²) in [4.78, 5) is 22.7. The summed E-state index contributed by atoms with van der Waals surface area (Å²) in [6.45, 7) is 3.44. The summed E-state index contributed by atoms with van der Waals surface area (Å²) in [5.74, 6) is 0.705. The molecule has 2 rings (SSSR count). The van der Waals surface area contributed by atoms with Gasteiger partial charge in [-0.1, -0.05) is 30.3 Å². The van der Waals surface area contributed by atoms with Gasteiger partial charge in [0.1, 0.15) is 11.5 Å². The van der Waals surface area contributed by atoms with Crippen LogP contribution in [0.25, 0.3) is 11.3 Å². The van der Waals surface area contributed by atoms with Gasteiger partial charge in [0.15, 0.2) is 0 Å². The molecule has 0 atom stereocenters. The minimum atomic E-state index is -0.358. The molecular weight excluding hydrogens is 240 g/mol. The molecule has 0 amide bonds. The van der Waals surface area contributed by atoms with E-state index >= 15 is 0 Å². The van der Waals surface area contributed by atoms with Crippen LogP contribution < -0.4 is 5.63 Å². The summed E-state index contributed by atoms with van der Waals surface area (Å²) in [5, 5.41) is 0. The van der Waals surface area contributed by atoms with E-state index in [9.17, 15) is 9.59 Å². The van der Waals surface area contributed by atoms with Crippen molar-refractivity contribution in [2.45, 2.75) is 26.7 Å². The third-order valence-corrected chi connectivity index (χ3v) is 3.05. The number of Topliss-reactive ketones (excluding diaryl/α,β-unsaturated/α-hetero) is 1. The summed E-state index contributed by atoms with van der Waals surface area (Å²) < 4.78 is 5.34. The number of rotatable bonds is 4. The Morgan fingerprint density at radius 3 is 2.53 bits per heavy atom. The standard InChI is InChI=1S/C16H16O3/c1-11-10-15(18)19-16(13-6-4-3-5-7-13)14(11)9-8-12(2)17/h3-7,10H,8-9H2,1-2H3. The van der Waals surface area contributed by atoms with E-state index in [4.69, 9.17) is 4.42 Å². The summed E-state index contributed by atoms with van der Waals surface area (Å²) in [7, 11) is 0. The van der Waals surface area contributed by atoms with E-state index in [0.717, 1.165) is 16.7 Å². The Morgan fingerprint density at radius 1 is 1.21 bits per heavy atom. The van der Waals surface area contributed by atoms with Crippen molar-refractivity contribution < 1.29 is 9.21 Å². The maximum absolute atomic E-state index is 11.5. The number of aryl methyl sites for hydroxylation is 1. The Bertz CT molecular complexity index is 639. The molecule has 0 unspecified atom stereocenters. The zero-order valence-electron chi connectivity index (χ0n) is 11.1. The lowest BCUT2D eigenvalue weighted by Crippen LogP contribution is -2.06. The number of carbonyl (C=O) groups is 1. The topological polar surface area (TPSA) is 47.3 Å². The first-order chi connectivity index (χ1) is 9.08. The second kappa shape index (κ2) is 5.65. The smallest absolute Gasteiger partial charge is 0.336 e. The molecule has 0 aliphatic heterocycles. The minimum absolute atomic E-state index is 0.129. The van der Waals surface area contributed by atoms with E-state index in [2.05, 4.69) is 0 Å². The molecule has 0 aliphatic carbocycles. The second-order valence-electron chi connectivity index (χ2n) is 4.62. The van der Waals surface area contributed by atoms with Gasteiger partial charge in [-0.2, -0.15) is 0 Å². The summed E-state index contributed by atoms with van der Waals surface area (Å²) in [6.07, 6.45) is 1.05. The summed E-state index contributed by atoms with van der Waals surface area (Å²) in [6, 6.07) is 11.0. The fourth-order valence-corrected chi connectivity index (χ4v) is 2.07. The molecule has 0 fully saturated rings. The number of carbonyl (C=O) groups excluding carboxylic acids is 1. The highest BCUT2D eigenvalue weighted by molar-refractivity contribution is 5.76. The van der Waals surface area contributed by atoms with Crippen LogP contribution in [0.15, 0.2) is 45.6 Å². The lowest BCUT2D eigenvalue weighted by Gasteiger charge is -2.10. The lowest BCUT2D eigenvalue weighted by molar-refractivity contribution is -0.116. The van der Waals surface area contributed by atoms with Crippen molar-refractivity contribution in [2.24, 2.45) is 0 Å². The van der Waals surface area contributed by atoms with Crippen LogP contribution >= 0.6 is 0 Å². The van der Waals surface area contributed by atoms with Gasteiger partial charge in [0.05, 0.1) is 0 Å². The van der Waals surface area contributed by atoms with Crippen molar-refractivity contribution >= 4 is 5.78 Å². The number of hydrogen-bond donors (Lipinski definition) is 0. The molecule has 0 saturated heterocycles. The Morgan fingerprint density at radius 2 is 1.89 bits per heavy atom. The third-order valence-electron chi connectivity index (χ3n) is 3.05. The third kappa shape index (κ3) is 3.19. The highest BCUT2D eigenvalue weighted by Crippen LogP contribution is 2.25. The van der Waals surface area contributed by atoms with Crippen LogP contribution in [0, 0.1) is 6.92 Å². The molecule has 98 valence electrons. The van der Waals surface area contributed by atoms with Crippen LogP contribution in [0.5, 0.6) is 0 Å². The molecule has 0 radical (unpaired) electrons. The van der Waals surface area contributed by atoms with E-state index in [1.165, 1.54) is 6.07 Å². The van der Waals surface area contributed by atoms with E-state index in [1.807, 2.05) is 37.3 Å². The highest BCUT2D eigenvalue weighted by Gasteiger charge is 2.12. The van der Waals surface area contributed by atoms with Crippen molar-refractivity contribution in [2.75, 3.05) is 0 Å². The summed E-state index contributed by atoms with van der Waals surface area (Å²) in [5.41, 5.74) is 2.31. The van der Waals surface area contributed by atoms with Gasteiger partial charge < -0.3 is 9.21 Å². The minimum Gasteiger partial charge on any atom is -0.422 e. The fraction of sp³-hybridized carbons (Fsp3) is 0.250. The molecule has 3 nitrogen and oxygen atoms in total. The average Bonchev–Trinajstić information content (AvgIpc) is 2.37.